The van der Waals surface area contributed by atoms with Gasteiger partial charge < -0.3 is 5.11 Å². The van der Waals surface area contributed by atoms with Crippen molar-refractivity contribution in [3.8, 4) is 5.75 Å². The van der Waals surface area contributed by atoms with E-state index in [1.165, 1.54) is 28.2 Å². The molecule has 0 saturated carbocycles. The number of carbonyl (C=O) groups is 2. The number of nitrogens with zero attached hydrogens (tertiary/aromatic N) is 2. The molecular weight excluding hydrogens is 435 g/mol. The normalized spacial score (nSPS) is 14.1. The quantitative estimate of drug-likeness (QED) is 0.413. The summed E-state index contributed by atoms with van der Waals surface area (Å²) in [6, 6.07) is 21.0. The number of carbonyl (C=O) groups excluding carboxylic acids is 2. The summed E-state index contributed by atoms with van der Waals surface area (Å²) in [7, 11) is 0. The van der Waals surface area contributed by atoms with Crippen LogP contribution in [-0.4, -0.2) is 16.9 Å². The van der Waals surface area contributed by atoms with Gasteiger partial charge in [0.15, 0.2) is 5.75 Å². The summed E-state index contributed by atoms with van der Waals surface area (Å²) in [5.74, 6) is -1.07. The van der Waals surface area contributed by atoms with Crippen LogP contribution in [0.5, 0.6) is 5.75 Å². The lowest BCUT2D eigenvalue weighted by molar-refractivity contribution is -0.116. The number of aromatic hydroxyl groups is 1. The van der Waals surface area contributed by atoms with Gasteiger partial charge >= 0.3 is 0 Å². The van der Waals surface area contributed by atoms with Crippen LogP contribution in [0, 0.1) is 0 Å². The summed E-state index contributed by atoms with van der Waals surface area (Å²) in [4.78, 5) is 26.4. The lowest BCUT2D eigenvalue weighted by Gasteiger charge is -2.27. The lowest BCUT2D eigenvalue weighted by Crippen LogP contribution is -2.41. The predicted octanol–water partition coefficient (Wildman–Crippen LogP) is 5.63. The molecule has 0 aliphatic carbocycles. The van der Waals surface area contributed by atoms with Crippen molar-refractivity contribution < 1.29 is 14.7 Å². The van der Waals surface area contributed by atoms with Gasteiger partial charge in [-0.3, -0.25) is 9.59 Å². The predicted molar refractivity (Wildman–Crippen MR) is 123 cm³/mol. The zero-order valence-electron chi connectivity index (χ0n) is 16.1. The summed E-state index contributed by atoms with van der Waals surface area (Å²) >= 11 is 11.9. The van der Waals surface area contributed by atoms with E-state index in [1.54, 1.807) is 60.7 Å². The fourth-order valence-corrected chi connectivity index (χ4v) is 3.69. The maximum Gasteiger partial charge on any atom is 0.283 e. The van der Waals surface area contributed by atoms with Gasteiger partial charge in [-0.1, -0.05) is 71.8 Å². The third kappa shape index (κ3) is 4.06. The Kier molecular flexibility index (Phi) is 5.80. The van der Waals surface area contributed by atoms with Gasteiger partial charge in [-0.25, -0.2) is 10.0 Å². The molecule has 1 fully saturated rings. The smallest absolute Gasteiger partial charge is 0.283 e. The maximum absolute atomic E-state index is 13.2. The molecule has 31 heavy (non-hydrogen) atoms. The molecule has 0 radical (unpaired) electrons. The largest absolute Gasteiger partial charge is 0.505 e. The van der Waals surface area contributed by atoms with Gasteiger partial charge in [0.25, 0.3) is 11.8 Å². The molecule has 3 aromatic rings. The van der Waals surface area contributed by atoms with Crippen LogP contribution in [0.2, 0.25) is 10.0 Å². The van der Waals surface area contributed by atoms with Gasteiger partial charge in [-0.15, -0.1) is 0 Å². The molecule has 3 aromatic carbocycles. The van der Waals surface area contributed by atoms with Crippen LogP contribution in [0.3, 0.4) is 0 Å². The van der Waals surface area contributed by atoms with Crippen molar-refractivity contribution in [1.82, 2.24) is 0 Å². The summed E-state index contributed by atoms with van der Waals surface area (Å²) in [5.41, 5.74) is 1.78. The molecule has 154 valence electrons. The number of phenols is 1. The topological polar surface area (TPSA) is 60.9 Å². The lowest BCUT2D eigenvalue weighted by atomic mass is 10.1. The molecule has 0 bridgehead atoms. The molecule has 2 amide bonds. The second-order valence-electron chi connectivity index (χ2n) is 6.68. The number of hydrazine groups is 1. The first-order valence-corrected chi connectivity index (χ1v) is 10.1. The number of hydrogen-bond acceptors (Lipinski definition) is 3. The van der Waals surface area contributed by atoms with Crippen molar-refractivity contribution in [2.45, 2.75) is 0 Å². The van der Waals surface area contributed by atoms with Crippen molar-refractivity contribution >= 4 is 52.5 Å². The number of rotatable bonds is 4. The van der Waals surface area contributed by atoms with Crippen LogP contribution < -0.4 is 10.0 Å². The van der Waals surface area contributed by atoms with Crippen LogP contribution in [-0.2, 0) is 9.59 Å². The van der Waals surface area contributed by atoms with Crippen molar-refractivity contribution in [3.63, 3.8) is 0 Å². The Morgan fingerprint density at radius 3 is 1.65 bits per heavy atom. The van der Waals surface area contributed by atoms with E-state index >= 15 is 0 Å². The number of phenolic OH excluding ortho intramolecular Hbond substituents is 1. The Hall–Kier alpha value is -3.54. The molecule has 0 atom stereocenters. The first kappa shape index (κ1) is 20.7. The second kappa shape index (κ2) is 8.68. The van der Waals surface area contributed by atoms with Gasteiger partial charge in [-0.05, 0) is 48.0 Å². The van der Waals surface area contributed by atoms with Gasteiger partial charge in [-0.2, -0.15) is 0 Å². The van der Waals surface area contributed by atoms with E-state index in [9.17, 15) is 14.7 Å². The molecule has 0 spiro atoms. The Labute approximate surface area is 189 Å². The van der Waals surface area contributed by atoms with Crippen LogP contribution in [0.1, 0.15) is 5.56 Å². The molecule has 0 aromatic heterocycles. The minimum absolute atomic E-state index is 0.0138. The minimum atomic E-state index is -0.438. The van der Waals surface area contributed by atoms with Crippen LogP contribution in [0.4, 0.5) is 11.4 Å². The molecule has 1 heterocycles. The summed E-state index contributed by atoms with van der Waals surface area (Å²) < 4.78 is 0. The molecule has 5 nitrogen and oxygen atoms in total. The second-order valence-corrected chi connectivity index (χ2v) is 7.49. The number of anilines is 2. The van der Waals surface area contributed by atoms with Crippen LogP contribution in [0.15, 0.2) is 90.5 Å². The average molecular weight is 451 g/mol. The molecule has 1 aliphatic heterocycles. The average Bonchev–Trinajstić information content (AvgIpc) is 3.03. The molecule has 1 N–H and O–H groups in total. The molecule has 0 unspecified atom stereocenters. The third-order valence-electron chi connectivity index (χ3n) is 4.64. The molecular formula is C24H16Cl2N2O3. The van der Waals surface area contributed by atoms with Crippen molar-refractivity contribution in [1.29, 1.82) is 0 Å². The van der Waals surface area contributed by atoms with E-state index < -0.39 is 11.8 Å². The molecule has 7 heteroatoms. The highest BCUT2D eigenvalue weighted by atomic mass is 35.5. The van der Waals surface area contributed by atoms with Crippen molar-refractivity contribution in [3.05, 3.63) is 106 Å². The number of amides is 2. The Morgan fingerprint density at radius 2 is 1.19 bits per heavy atom. The van der Waals surface area contributed by atoms with Crippen molar-refractivity contribution in [2.24, 2.45) is 0 Å². The van der Waals surface area contributed by atoms with E-state index in [0.29, 0.717) is 16.9 Å². The van der Waals surface area contributed by atoms with E-state index in [0.717, 1.165) is 0 Å². The van der Waals surface area contributed by atoms with E-state index in [4.69, 9.17) is 23.2 Å². The van der Waals surface area contributed by atoms with Crippen LogP contribution in [0.25, 0.3) is 6.08 Å². The zero-order valence-corrected chi connectivity index (χ0v) is 17.6. The van der Waals surface area contributed by atoms with Gasteiger partial charge in [0.05, 0.1) is 21.4 Å². The first-order valence-electron chi connectivity index (χ1n) is 9.32. The maximum atomic E-state index is 13.2. The fraction of sp³-hybridized carbons (Fsp3) is 0. The monoisotopic (exact) mass is 450 g/mol. The standard InChI is InChI=1S/C24H16Cl2N2O3/c25-20-14-16(15-21(26)22(20)29)8-7-13-19-23(30)27(17-9-3-1-4-10-17)28(24(19)31)18-11-5-2-6-12-18/h1-15,29H. The molecule has 1 saturated heterocycles. The highest BCUT2D eigenvalue weighted by molar-refractivity contribution is 6.37. The molecule has 4 rings (SSSR count). The Morgan fingerprint density at radius 1 is 0.742 bits per heavy atom. The molecule has 1 aliphatic rings. The zero-order chi connectivity index (χ0) is 22.0. The van der Waals surface area contributed by atoms with Gasteiger partial charge in [0.1, 0.15) is 5.57 Å². The summed E-state index contributed by atoms with van der Waals surface area (Å²) in [6.45, 7) is 0. The van der Waals surface area contributed by atoms with Crippen LogP contribution >= 0.6 is 23.2 Å². The fourth-order valence-electron chi connectivity index (χ4n) is 3.18. The number of para-hydroxylation sites is 2. The third-order valence-corrected chi connectivity index (χ3v) is 5.21. The SMILES string of the molecule is O=C1C(=CC=Cc2cc(Cl)c(O)c(Cl)c2)C(=O)N(c2ccccc2)N1c1ccccc1. The number of allylic oxidation sites excluding steroid dienone is 2. The van der Waals surface area contributed by atoms with Gasteiger partial charge in [0, 0.05) is 0 Å². The summed E-state index contributed by atoms with van der Waals surface area (Å²) in [5, 5.41) is 12.6. The van der Waals surface area contributed by atoms with E-state index in [2.05, 4.69) is 0 Å². The summed E-state index contributed by atoms with van der Waals surface area (Å²) in [6.07, 6.45) is 4.67. The van der Waals surface area contributed by atoms with E-state index in [1.807, 2.05) is 12.1 Å². The number of benzene rings is 3. The Balaban J connectivity index is 1.72. The Bertz CT molecular complexity index is 1130. The first-order chi connectivity index (χ1) is 15.0. The number of halogens is 2. The highest BCUT2D eigenvalue weighted by Gasteiger charge is 2.42. The number of hydrogen-bond donors (Lipinski definition) is 1. The van der Waals surface area contributed by atoms with Gasteiger partial charge in [0.2, 0.25) is 0 Å². The van der Waals surface area contributed by atoms with Crippen molar-refractivity contribution in [2.75, 3.05) is 10.0 Å². The minimum Gasteiger partial charge on any atom is -0.505 e. The highest BCUT2D eigenvalue weighted by Crippen LogP contribution is 2.34. The van der Waals surface area contributed by atoms with E-state index in [-0.39, 0.29) is 21.4 Å².